The first kappa shape index (κ1) is 14.2. The summed E-state index contributed by atoms with van der Waals surface area (Å²) in [5.41, 5.74) is 6.27. The minimum Gasteiger partial charge on any atom is -0.392 e. The van der Waals surface area contributed by atoms with E-state index >= 15 is 0 Å². The van der Waals surface area contributed by atoms with Crippen molar-refractivity contribution in [1.29, 1.82) is 0 Å². The highest BCUT2D eigenvalue weighted by atomic mass is 32.2. The molecule has 1 fully saturated rings. The number of nitrogen functional groups attached to an aromatic ring is 1. The molecule has 1 aliphatic rings. The van der Waals surface area contributed by atoms with Crippen molar-refractivity contribution in [2.75, 3.05) is 18.8 Å². The maximum atomic E-state index is 12.6. The third-order valence-electron chi connectivity index (χ3n) is 3.68. The summed E-state index contributed by atoms with van der Waals surface area (Å²) in [5, 5.41) is 10.4. The summed E-state index contributed by atoms with van der Waals surface area (Å²) in [4.78, 5) is 4.37. The Hall–Kier alpha value is -1.70. The van der Waals surface area contributed by atoms with E-state index in [0.29, 0.717) is 30.7 Å². The fourth-order valence-corrected chi connectivity index (χ4v) is 4.12. The van der Waals surface area contributed by atoms with Crippen LogP contribution in [-0.2, 0) is 10.0 Å². The van der Waals surface area contributed by atoms with Gasteiger partial charge in [-0.1, -0.05) is 0 Å². The number of sulfonamides is 1. The molecular formula is C14H17N3O3S. The van der Waals surface area contributed by atoms with E-state index < -0.39 is 16.1 Å². The third-order valence-corrected chi connectivity index (χ3v) is 5.54. The van der Waals surface area contributed by atoms with Crippen molar-refractivity contribution < 1.29 is 13.5 Å². The molecule has 1 saturated heterocycles. The van der Waals surface area contributed by atoms with Gasteiger partial charge in [-0.3, -0.25) is 0 Å². The minimum absolute atomic E-state index is 0.153. The highest BCUT2D eigenvalue weighted by molar-refractivity contribution is 7.89. The van der Waals surface area contributed by atoms with Gasteiger partial charge in [0.25, 0.3) is 0 Å². The van der Waals surface area contributed by atoms with Crippen molar-refractivity contribution in [2.45, 2.75) is 23.8 Å². The van der Waals surface area contributed by atoms with Gasteiger partial charge in [0.05, 0.1) is 16.5 Å². The molecule has 0 saturated carbocycles. The SMILES string of the molecule is Nc1ccc2cc(S(=O)(=O)N3CCCC(O)C3)ccc2n1. The zero-order chi connectivity index (χ0) is 15.0. The van der Waals surface area contributed by atoms with Gasteiger partial charge in [-0.15, -0.1) is 0 Å². The molecule has 0 bridgehead atoms. The van der Waals surface area contributed by atoms with Crippen LogP contribution in [0.25, 0.3) is 10.9 Å². The second-order valence-electron chi connectivity index (χ2n) is 5.25. The van der Waals surface area contributed by atoms with Crippen molar-refractivity contribution in [1.82, 2.24) is 9.29 Å². The first-order valence-corrected chi connectivity index (χ1v) is 8.25. The summed E-state index contributed by atoms with van der Waals surface area (Å²) in [5.74, 6) is 0.400. The molecule has 1 aromatic carbocycles. The number of rotatable bonds is 2. The van der Waals surface area contributed by atoms with E-state index in [1.165, 1.54) is 10.4 Å². The highest BCUT2D eigenvalue weighted by Gasteiger charge is 2.29. The van der Waals surface area contributed by atoms with Gasteiger partial charge in [-0.25, -0.2) is 13.4 Å². The normalized spacial score (nSPS) is 20.7. The third kappa shape index (κ3) is 2.72. The van der Waals surface area contributed by atoms with E-state index in [2.05, 4.69) is 4.98 Å². The molecule has 0 radical (unpaired) electrons. The van der Waals surface area contributed by atoms with Crippen LogP contribution in [-0.4, -0.2) is 42.0 Å². The summed E-state index contributed by atoms with van der Waals surface area (Å²) >= 11 is 0. The van der Waals surface area contributed by atoms with Crippen LogP contribution in [0.2, 0.25) is 0 Å². The second kappa shape index (κ2) is 5.25. The van der Waals surface area contributed by atoms with Gasteiger partial charge in [0, 0.05) is 18.5 Å². The number of aliphatic hydroxyl groups excluding tert-OH is 1. The molecule has 21 heavy (non-hydrogen) atoms. The number of anilines is 1. The van der Waals surface area contributed by atoms with E-state index in [1.54, 1.807) is 24.3 Å². The van der Waals surface area contributed by atoms with E-state index in [9.17, 15) is 13.5 Å². The molecule has 3 rings (SSSR count). The lowest BCUT2D eigenvalue weighted by molar-refractivity contribution is 0.108. The van der Waals surface area contributed by atoms with Crippen LogP contribution >= 0.6 is 0 Å². The molecule has 6 nitrogen and oxygen atoms in total. The molecule has 112 valence electrons. The van der Waals surface area contributed by atoms with Crippen LogP contribution in [0.15, 0.2) is 35.2 Å². The molecular weight excluding hydrogens is 290 g/mol. The average Bonchev–Trinajstić information content (AvgIpc) is 2.46. The Morgan fingerprint density at radius 1 is 1.29 bits per heavy atom. The Morgan fingerprint density at radius 2 is 2.10 bits per heavy atom. The number of nitrogens with two attached hydrogens (primary N) is 1. The van der Waals surface area contributed by atoms with Gasteiger partial charge >= 0.3 is 0 Å². The Kier molecular flexibility index (Phi) is 3.56. The fourth-order valence-electron chi connectivity index (χ4n) is 2.57. The molecule has 0 aliphatic carbocycles. The Labute approximate surface area is 123 Å². The lowest BCUT2D eigenvalue weighted by Crippen LogP contribution is -2.42. The van der Waals surface area contributed by atoms with Gasteiger partial charge in [-0.05, 0) is 43.2 Å². The van der Waals surface area contributed by atoms with Crippen molar-refractivity contribution in [2.24, 2.45) is 0 Å². The van der Waals surface area contributed by atoms with Crippen LogP contribution in [0.5, 0.6) is 0 Å². The molecule has 1 aliphatic heterocycles. The largest absolute Gasteiger partial charge is 0.392 e. The van der Waals surface area contributed by atoms with Crippen molar-refractivity contribution in [3.05, 3.63) is 30.3 Å². The number of piperidine rings is 1. The Morgan fingerprint density at radius 3 is 2.86 bits per heavy atom. The van der Waals surface area contributed by atoms with Gasteiger partial charge in [-0.2, -0.15) is 4.31 Å². The zero-order valence-electron chi connectivity index (χ0n) is 11.4. The van der Waals surface area contributed by atoms with Crippen LogP contribution in [0, 0.1) is 0 Å². The molecule has 1 unspecified atom stereocenters. The summed E-state index contributed by atoms with van der Waals surface area (Å²) in [6.07, 6.45) is 0.731. The molecule has 2 aromatic rings. The van der Waals surface area contributed by atoms with Crippen molar-refractivity contribution >= 4 is 26.7 Å². The Balaban J connectivity index is 2.00. The maximum Gasteiger partial charge on any atom is 0.243 e. The number of hydrogen-bond donors (Lipinski definition) is 2. The van der Waals surface area contributed by atoms with Crippen LogP contribution in [0.4, 0.5) is 5.82 Å². The number of aliphatic hydroxyl groups is 1. The number of nitrogens with zero attached hydrogens (tertiary/aromatic N) is 2. The van der Waals surface area contributed by atoms with Gasteiger partial charge in [0.1, 0.15) is 5.82 Å². The summed E-state index contributed by atoms with van der Waals surface area (Å²) in [6, 6.07) is 8.17. The summed E-state index contributed by atoms with van der Waals surface area (Å²) in [7, 11) is -3.58. The molecule has 7 heteroatoms. The first-order valence-electron chi connectivity index (χ1n) is 6.81. The van der Waals surface area contributed by atoms with Crippen molar-refractivity contribution in [3.8, 4) is 0 Å². The summed E-state index contributed by atoms with van der Waals surface area (Å²) < 4.78 is 26.6. The molecule has 0 spiro atoms. The lowest BCUT2D eigenvalue weighted by atomic mass is 10.1. The standard InChI is InChI=1S/C14H17N3O3S/c15-14-6-3-10-8-12(4-5-13(10)16-14)21(19,20)17-7-1-2-11(18)9-17/h3-6,8,11,18H,1-2,7,9H2,(H2,15,16). The summed E-state index contributed by atoms with van der Waals surface area (Å²) in [6.45, 7) is 0.595. The number of aromatic nitrogens is 1. The average molecular weight is 307 g/mol. The number of benzene rings is 1. The van der Waals surface area contributed by atoms with E-state index in [1.807, 2.05) is 0 Å². The van der Waals surface area contributed by atoms with E-state index in [4.69, 9.17) is 5.73 Å². The highest BCUT2D eigenvalue weighted by Crippen LogP contribution is 2.24. The monoisotopic (exact) mass is 307 g/mol. The van der Waals surface area contributed by atoms with Crippen molar-refractivity contribution in [3.63, 3.8) is 0 Å². The van der Waals surface area contributed by atoms with Gasteiger partial charge in [0.15, 0.2) is 0 Å². The van der Waals surface area contributed by atoms with Gasteiger partial charge in [0.2, 0.25) is 10.0 Å². The van der Waals surface area contributed by atoms with Gasteiger partial charge < -0.3 is 10.8 Å². The second-order valence-corrected chi connectivity index (χ2v) is 7.19. The molecule has 0 amide bonds. The lowest BCUT2D eigenvalue weighted by Gasteiger charge is -2.29. The van der Waals surface area contributed by atoms with Crippen LogP contribution in [0.1, 0.15) is 12.8 Å². The predicted molar refractivity (Wildman–Crippen MR) is 80.2 cm³/mol. The molecule has 1 atom stereocenters. The molecule has 3 N–H and O–H groups in total. The topological polar surface area (TPSA) is 96.5 Å². The predicted octanol–water partition coefficient (Wildman–Crippen LogP) is 0.962. The number of β-amino-alcohol motifs (C(OH)–C–C–N with tert-alkyl or cyclic N) is 1. The maximum absolute atomic E-state index is 12.6. The quantitative estimate of drug-likeness (QED) is 0.861. The molecule has 1 aromatic heterocycles. The zero-order valence-corrected chi connectivity index (χ0v) is 12.3. The Bertz CT molecular complexity index is 776. The van der Waals surface area contributed by atoms with Crippen LogP contribution in [0.3, 0.4) is 0 Å². The first-order chi connectivity index (χ1) is 9.96. The number of fused-ring (bicyclic) bond motifs is 1. The number of hydrogen-bond acceptors (Lipinski definition) is 5. The minimum atomic E-state index is -3.58. The number of pyridine rings is 1. The van der Waals surface area contributed by atoms with Crippen LogP contribution < -0.4 is 5.73 Å². The molecule has 2 heterocycles. The van der Waals surface area contributed by atoms with E-state index in [0.717, 1.165) is 5.39 Å². The van der Waals surface area contributed by atoms with E-state index in [-0.39, 0.29) is 11.4 Å². The smallest absolute Gasteiger partial charge is 0.243 e. The fraction of sp³-hybridized carbons (Fsp3) is 0.357.